The fraction of sp³-hybridized carbons (Fsp3) is 0.571. The van der Waals surface area contributed by atoms with E-state index in [0.29, 0.717) is 5.16 Å². The first-order valence-electron chi connectivity index (χ1n) is 7.79. The van der Waals surface area contributed by atoms with Gasteiger partial charge in [0.25, 0.3) is 5.56 Å². The van der Waals surface area contributed by atoms with Crippen LogP contribution >= 0.6 is 11.8 Å². The molecule has 2 aromatic rings. The number of hydrogen-bond acceptors (Lipinski definition) is 8. The first-order valence-corrected chi connectivity index (χ1v) is 8.78. The summed E-state index contributed by atoms with van der Waals surface area (Å²) in [5.41, 5.74) is 4.07. The van der Waals surface area contributed by atoms with E-state index in [2.05, 4.69) is 20.5 Å². The fourth-order valence-electron chi connectivity index (χ4n) is 2.42. The average Bonchev–Trinajstić information content (AvgIpc) is 3.19. The van der Waals surface area contributed by atoms with Gasteiger partial charge in [0.05, 0.1) is 11.3 Å². The Morgan fingerprint density at radius 2 is 2.04 bits per heavy atom. The maximum absolute atomic E-state index is 12.5. The summed E-state index contributed by atoms with van der Waals surface area (Å²) < 4.78 is 2.89. The molecule has 11 heteroatoms. The van der Waals surface area contributed by atoms with Gasteiger partial charge in [0, 0.05) is 6.04 Å². The topological polar surface area (TPSA) is 142 Å². The minimum atomic E-state index is -0.764. The number of ketones is 1. The molecule has 0 aromatic carbocycles. The Morgan fingerprint density at radius 1 is 1.36 bits per heavy atom. The molecule has 0 bridgehead atoms. The molecule has 0 amide bonds. The van der Waals surface area contributed by atoms with Gasteiger partial charge in [-0.1, -0.05) is 11.8 Å². The summed E-state index contributed by atoms with van der Waals surface area (Å²) in [6, 6.07) is -0.0447. The highest BCUT2D eigenvalue weighted by molar-refractivity contribution is 7.99. The first kappa shape index (κ1) is 17.4. The Balaban J connectivity index is 1.86. The van der Waals surface area contributed by atoms with E-state index in [1.54, 1.807) is 4.68 Å². The van der Waals surface area contributed by atoms with E-state index in [1.165, 1.54) is 4.57 Å². The van der Waals surface area contributed by atoms with Gasteiger partial charge >= 0.3 is 5.69 Å². The third kappa shape index (κ3) is 3.36. The average molecular weight is 365 g/mol. The molecule has 0 radical (unpaired) electrons. The number of hydrogen-bond donors (Lipinski definition) is 2. The predicted octanol–water partition coefficient (Wildman–Crippen LogP) is 0.170. The van der Waals surface area contributed by atoms with E-state index >= 15 is 0 Å². The summed E-state index contributed by atoms with van der Waals surface area (Å²) in [6.45, 7) is 5.80. The number of rotatable bonds is 5. The number of tetrazole rings is 1. The van der Waals surface area contributed by atoms with Crippen molar-refractivity contribution in [2.75, 3.05) is 11.5 Å². The second kappa shape index (κ2) is 6.14. The molecule has 1 aliphatic carbocycles. The second-order valence-corrected chi connectivity index (χ2v) is 7.82. The Bertz CT molecular complexity index is 933. The van der Waals surface area contributed by atoms with Gasteiger partial charge in [0.2, 0.25) is 5.16 Å². The van der Waals surface area contributed by atoms with E-state index in [1.807, 2.05) is 20.8 Å². The van der Waals surface area contributed by atoms with Crippen molar-refractivity contribution < 1.29 is 4.79 Å². The summed E-state index contributed by atoms with van der Waals surface area (Å²) in [6.07, 6.45) is 1.61. The van der Waals surface area contributed by atoms with E-state index < -0.39 is 17.0 Å². The van der Waals surface area contributed by atoms with Crippen molar-refractivity contribution in [2.45, 2.75) is 50.4 Å². The number of nitrogens with zero attached hydrogens (tertiary/aromatic N) is 5. The molecule has 3 N–H and O–H groups in total. The van der Waals surface area contributed by atoms with Gasteiger partial charge in [0.1, 0.15) is 11.4 Å². The van der Waals surface area contributed by atoms with Crippen molar-refractivity contribution in [3.8, 4) is 0 Å². The molecule has 0 atom stereocenters. The molecule has 1 saturated carbocycles. The lowest BCUT2D eigenvalue weighted by molar-refractivity contribution is 0.102. The molecule has 2 aromatic heterocycles. The number of nitrogens with two attached hydrogens (primary N) is 1. The van der Waals surface area contributed by atoms with E-state index in [-0.39, 0.29) is 28.7 Å². The molecule has 3 rings (SSSR count). The van der Waals surface area contributed by atoms with Crippen molar-refractivity contribution in [1.82, 2.24) is 29.8 Å². The van der Waals surface area contributed by atoms with Crippen LogP contribution in [-0.2, 0) is 5.54 Å². The van der Waals surface area contributed by atoms with Gasteiger partial charge < -0.3 is 5.73 Å². The van der Waals surface area contributed by atoms with Crippen molar-refractivity contribution in [1.29, 1.82) is 0 Å². The quantitative estimate of drug-likeness (QED) is 0.564. The van der Waals surface area contributed by atoms with Crippen LogP contribution in [0.5, 0.6) is 0 Å². The second-order valence-electron chi connectivity index (χ2n) is 6.88. The number of carbonyl (C=O) groups is 1. The number of Topliss-reactive ketones (excluding diaryl/α,β-unsaturated/α-hetero) is 1. The lowest BCUT2D eigenvalue weighted by Crippen LogP contribution is -2.36. The van der Waals surface area contributed by atoms with Gasteiger partial charge in [-0.05, 0) is 44.0 Å². The summed E-state index contributed by atoms with van der Waals surface area (Å²) in [7, 11) is 0. The van der Waals surface area contributed by atoms with Crippen LogP contribution in [-0.4, -0.2) is 41.3 Å². The Labute approximate surface area is 146 Å². The largest absolute Gasteiger partial charge is 0.384 e. The van der Waals surface area contributed by atoms with Crippen molar-refractivity contribution >= 4 is 23.4 Å². The molecule has 134 valence electrons. The van der Waals surface area contributed by atoms with Crippen LogP contribution in [0.2, 0.25) is 0 Å². The summed E-state index contributed by atoms with van der Waals surface area (Å²) in [4.78, 5) is 38.7. The van der Waals surface area contributed by atoms with Crippen molar-refractivity contribution in [3.63, 3.8) is 0 Å². The number of thioether (sulfide) groups is 1. The van der Waals surface area contributed by atoms with E-state index in [4.69, 9.17) is 5.73 Å². The third-order valence-corrected chi connectivity index (χ3v) is 4.70. The molecule has 0 saturated heterocycles. The monoisotopic (exact) mass is 365 g/mol. The molecule has 1 aliphatic rings. The molecule has 10 nitrogen and oxygen atoms in total. The smallest absolute Gasteiger partial charge is 0.330 e. The zero-order valence-corrected chi connectivity index (χ0v) is 15.0. The maximum Gasteiger partial charge on any atom is 0.330 e. The molecule has 1 fully saturated rings. The number of nitrogen functional groups attached to an aromatic ring is 1. The predicted molar refractivity (Wildman–Crippen MR) is 91.9 cm³/mol. The van der Waals surface area contributed by atoms with Gasteiger partial charge in [-0.2, -0.15) is 0 Å². The van der Waals surface area contributed by atoms with E-state index in [0.717, 1.165) is 24.6 Å². The van der Waals surface area contributed by atoms with Gasteiger partial charge in [-0.15, -0.1) is 5.10 Å². The van der Waals surface area contributed by atoms with Gasteiger partial charge in [0.15, 0.2) is 5.78 Å². The zero-order chi connectivity index (χ0) is 18.4. The number of aromatic nitrogens is 6. The Morgan fingerprint density at radius 3 is 2.64 bits per heavy atom. The van der Waals surface area contributed by atoms with Crippen LogP contribution < -0.4 is 17.0 Å². The lowest BCUT2D eigenvalue weighted by Gasteiger charge is -2.19. The summed E-state index contributed by atoms with van der Waals surface area (Å²) in [5.74, 6) is -0.606. The van der Waals surface area contributed by atoms with E-state index in [9.17, 15) is 14.4 Å². The summed E-state index contributed by atoms with van der Waals surface area (Å²) in [5, 5.41) is 11.9. The third-order valence-electron chi connectivity index (χ3n) is 3.78. The summed E-state index contributed by atoms with van der Waals surface area (Å²) >= 11 is 1.12. The molecule has 0 spiro atoms. The molecule has 25 heavy (non-hydrogen) atoms. The minimum absolute atomic E-state index is 0.0447. The van der Waals surface area contributed by atoms with Gasteiger partial charge in [-0.3, -0.25) is 19.1 Å². The molecule has 0 aliphatic heterocycles. The normalized spacial score (nSPS) is 14.7. The first-order chi connectivity index (χ1) is 11.7. The Hall–Kier alpha value is -2.43. The van der Waals surface area contributed by atoms with Crippen LogP contribution in [0.1, 0.15) is 50.0 Å². The standard InChI is InChI=1S/C14H19N7O3S/c1-14(2,3)21-13(17-18-19-21)25-6-8(22)9-10(15)20(7-4-5-7)12(24)16-11(9)23/h7H,4-6,15H2,1-3H3,(H,16,23,24). The van der Waals surface area contributed by atoms with Crippen LogP contribution in [0.25, 0.3) is 0 Å². The lowest BCUT2D eigenvalue weighted by atomic mass is 10.1. The molecule has 2 heterocycles. The number of nitrogens with one attached hydrogen (secondary N) is 1. The van der Waals surface area contributed by atoms with Crippen LogP contribution in [0, 0.1) is 0 Å². The Kier molecular flexibility index (Phi) is 4.27. The number of anilines is 1. The van der Waals surface area contributed by atoms with Gasteiger partial charge in [-0.25, -0.2) is 9.48 Å². The number of carbonyl (C=O) groups excluding carboxylic acids is 1. The SMILES string of the molecule is CC(C)(C)n1nnnc1SCC(=O)c1c(N)n(C2CC2)c(=O)[nH]c1=O. The van der Waals surface area contributed by atoms with Crippen molar-refractivity contribution in [2.24, 2.45) is 0 Å². The zero-order valence-electron chi connectivity index (χ0n) is 14.1. The van der Waals surface area contributed by atoms with Crippen LogP contribution in [0.4, 0.5) is 5.82 Å². The number of aromatic amines is 1. The minimum Gasteiger partial charge on any atom is -0.384 e. The molecular weight excluding hydrogens is 346 g/mol. The van der Waals surface area contributed by atoms with Crippen LogP contribution in [0.15, 0.2) is 14.7 Å². The molecular formula is C14H19N7O3S. The maximum atomic E-state index is 12.5. The highest BCUT2D eigenvalue weighted by Gasteiger charge is 2.30. The van der Waals surface area contributed by atoms with Crippen molar-refractivity contribution in [3.05, 3.63) is 26.4 Å². The number of H-pyrrole nitrogens is 1. The molecule has 0 unspecified atom stereocenters. The highest BCUT2D eigenvalue weighted by Crippen LogP contribution is 2.35. The van der Waals surface area contributed by atoms with Crippen LogP contribution in [0.3, 0.4) is 0 Å². The fourth-order valence-corrected chi connectivity index (χ4v) is 3.35. The highest BCUT2D eigenvalue weighted by atomic mass is 32.2.